The maximum absolute atomic E-state index is 10.5. The minimum atomic E-state index is -0.261. The number of aryl methyl sites for hydroxylation is 1. The van der Waals surface area contributed by atoms with Crippen molar-refractivity contribution in [2.24, 2.45) is 0 Å². The molecule has 4 rings (SSSR count). The highest BCUT2D eigenvalue weighted by molar-refractivity contribution is 6.62. The Morgan fingerprint density at radius 1 is 0.875 bits per heavy atom. The van der Waals surface area contributed by atoms with Crippen LogP contribution in [0.2, 0.25) is 0 Å². The van der Waals surface area contributed by atoms with E-state index in [1.807, 2.05) is 30.3 Å². The fourth-order valence-electron chi connectivity index (χ4n) is 3.11. The highest BCUT2D eigenvalue weighted by Crippen LogP contribution is 2.36. The summed E-state index contributed by atoms with van der Waals surface area (Å²) in [5.74, 6) is 0.813. The normalized spacial score (nSPS) is 16.1. The number of carbonyl (C=O) groups excluding carboxylic acids is 1. The van der Waals surface area contributed by atoms with Gasteiger partial charge in [0.15, 0.2) is 6.29 Å². The van der Waals surface area contributed by atoms with Crippen LogP contribution in [0.1, 0.15) is 43.6 Å². The van der Waals surface area contributed by atoms with Gasteiger partial charge in [0.05, 0.1) is 24.0 Å². The zero-order chi connectivity index (χ0) is 23.4. The number of nitrogens with zero attached hydrogens (tertiary/aromatic N) is 1. The van der Waals surface area contributed by atoms with Crippen molar-refractivity contribution in [3.63, 3.8) is 0 Å². The van der Waals surface area contributed by atoms with E-state index in [1.54, 1.807) is 19.4 Å². The third-order valence-electron chi connectivity index (χ3n) is 5.91. The number of rotatable bonds is 4. The molecule has 2 heterocycles. The molecule has 0 unspecified atom stereocenters. The molecular weight excluding hydrogens is 401 g/mol. The highest BCUT2D eigenvalue weighted by atomic mass is 16.7. The van der Waals surface area contributed by atoms with Gasteiger partial charge in [-0.15, -0.1) is 0 Å². The predicted octanol–water partition coefficient (Wildman–Crippen LogP) is 4.86. The standard InChI is InChI=1S/C13H19BO2.C13H11NO2/c1-10-6-8-11(9-7-10)14-15-12(2,3)13(4,5)16-14;1-16-12-5-3-11(4-6-12)13-7-2-10(9-15)8-14-13/h6-9H,1-5H3;2-9H,1H3. The van der Waals surface area contributed by atoms with E-state index in [0.29, 0.717) is 5.56 Å². The molecule has 0 aliphatic carbocycles. The van der Waals surface area contributed by atoms with E-state index >= 15 is 0 Å². The molecule has 0 N–H and O–H groups in total. The maximum atomic E-state index is 10.5. The molecule has 3 aromatic rings. The van der Waals surface area contributed by atoms with Gasteiger partial charge in [0.2, 0.25) is 0 Å². The van der Waals surface area contributed by atoms with Crippen LogP contribution in [0, 0.1) is 6.92 Å². The van der Waals surface area contributed by atoms with Crippen LogP contribution < -0.4 is 10.2 Å². The van der Waals surface area contributed by atoms with Crippen molar-refractivity contribution >= 4 is 18.9 Å². The number of aldehydes is 1. The molecule has 1 aliphatic heterocycles. The monoisotopic (exact) mass is 431 g/mol. The Labute approximate surface area is 190 Å². The molecule has 1 fully saturated rings. The lowest BCUT2D eigenvalue weighted by atomic mass is 9.79. The molecule has 0 amide bonds. The number of pyridine rings is 1. The second-order valence-corrected chi connectivity index (χ2v) is 8.82. The van der Waals surface area contributed by atoms with E-state index in [-0.39, 0.29) is 18.3 Å². The minimum Gasteiger partial charge on any atom is -0.497 e. The van der Waals surface area contributed by atoms with Crippen LogP contribution in [-0.4, -0.2) is 36.7 Å². The van der Waals surface area contributed by atoms with E-state index in [1.165, 1.54) is 5.56 Å². The molecule has 0 saturated carbocycles. The quantitative estimate of drug-likeness (QED) is 0.436. The number of ether oxygens (including phenoxy) is 1. The smallest absolute Gasteiger partial charge is 0.494 e. The summed E-state index contributed by atoms with van der Waals surface area (Å²) in [4.78, 5) is 14.7. The molecule has 5 nitrogen and oxygen atoms in total. The van der Waals surface area contributed by atoms with E-state index in [9.17, 15) is 4.79 Å². The number of methoxy groups -OCH3 is 1. The third kappa shape index (κ3) is 5.45. The summed E-state index contributed by atoms with van der Waals surface area (Å²) >= 11 is 0. The number of benzene rings is 2. The average molecular weight is 431 g/mol. The van der Waals surface area contributed by atoms with Crippen LogP contribution in [0.15, 0.2) is 66.9 Å². The Morgan fingerprint density at radius 3 is 1.94 bits per heavy atom. The first-order valence-electron chi connectivity index (χ1n) is 10.6. The molecule has 1 aliphatic rings. The van der Waals surface area contributed by atoms with Gasteiger partial charge >= 0.3 is 7.12 Å². The van der Waals surface area contributed by atoms with Crippen molar-refractivity contribution in [2.75, 3.05) is 7.11 Å². The number of hydrogen-bond donors (Lipinski definition) is 0. The van der Waals surface area contributed by atoms with E-state index < -0.39 is 0 Å². The van der Waals surface area contributed by atoms with Crippen molar-refractivity contribution in [3.8, 4) is 17.0 Å². The zero-order valence-electron chi connectivity index (χ0n) is 19.6. The molecule has 0 atom stereocenters. The van der Waals surface area contributed by atoms with Crippen LogP contribution in [-0.2, 0) is 9.31 Å². The summed E-state index contributed by atoms with van der Waals surface area (Å²) in [6.07, 6.45) is 2.34. The fourth-order valence-corrected chi connectivity index (χ4v) is 3.11. The molecular formula is C26H30BNO4. The Morgan fingerprint density at radius 2 is 1.47 bits per heavy atom. The molecule has 1 aromatic heterocycles. The number of carbonyl (C=O) groups is 1. The molecule has 0 radical (unpaired) electrons. The first-order valence-corrected chi connectivity index (χ1v) is 10.6. The van der Waals surface area contributed by atoms with Gasteiger partial charge in [0, 0.05) is 17.3 Å². The lowest BCUT2D eigenvalue weighted by Crippen LogP contribution is -2.41. The first kappa shape index (κ1) is 23.7. The van der Waals surface area contributed by atoms with Crippen LogP contribution in [0.25, 0.3) is 11.3 Å². The Kier molecular flexibility index (Phi) is 7.17. The number of hydrogen-bond acceptors (Lipinski definition) is 5. The van der Waals surface area contributed by atoms with E-state index in [0.717, 1.165) is 28.8 Å². The van der Waals surface area contributed by atoms with Crippen molar-refractivity contribution in [1.29, 1.82) is 0 Å². The van der Waals surface area contributed by atoms with E-state index in [2.05, 4.69) is 63.9 Å². The lowest BCUT2D eigenvalue weighted by molar-refractivity contribution is 0.00578. The largest absolute Gasteiger partial charge is 0.497 e. The van der Waals surface area contributed by atoms with Gasteiger partial charge in [0.1, 0.15) is 5.75 Å². The van der Waals surface area contributed by atoms with Gasteiger partial charge in [-0.25, -0.2) is 0 Å². The van der Waals surface area contributed by atoms with Gasteiger partial charge in [-0.2, -0.15) is 0 Å². The third-order valence-corrected chi connectivity index (χ3v) is 5.91. The van der Waals surface area contributed by atoms with E-state index in [4.69, 9.17) is 14.0 Å². The zero-order valence-corrected chi connectivity index (χ0v) is 19.6. The van der Waals surface area contributed by atoms with Crippen molar-refractivity contribution < 1.29 is 18.8 Å². The number of aromatic nitrogens is 1. The summed E-state index contributed by atoms with van der Waals surface area (Å²) < 4.78 is 17.0. The Hall–Kier alpha value is -2.96. The Bertz CT molecular complexity index is 1010. The molecule has 6 heteroatoms. The van der Waals surface area contributed by atoms with Gasteiger partial charge in [-0.1, -0.05) is 29.8 Å². The molecule has 32 heavy (non-hydrogen) atoms. The molecule has 2 aromatic carbocycles. The molecule has 0 bridgehead atoms. The van der Waals surface area contributed by atoms with Gasteiger partial charge in [-0.05, 0) is 76.5 Å². The fraction of sp³-hybridized carbons (Fsp3) is 0.308. The lowest BCUT2D eigenvalue weighted by Gasteiger charge is -2.32. The van der Waals surface area contributed by atoms with Crippen LogP contribution in [0.3, 0.4) is 0 Å². The van der Waals surface area contributed by atoms with Crippen LogP contribution in [0.4, 0.5) is 0 Å². The van der Waals surface area contributed by atoms with Gasteiger partial charge < -0.3 is 14.0 Å². The highest BCUT2D eigenvalue weighted by Gasteiger charge is 2.51. The summed E-state index contributed by atoms with van der Waals surface area (Å²) in [6.45, 7) is 10.4. The van der Waals surface area contributed by atoms with Gasteiger partial charge in [0.25, 0.3) is 0 Å². The van der Waals surface area contributed by atoms with Crippen molar-refractivity contribution in [3.05, 3.63) is 78.0 Å². The predicted molar refractivity (Wildman–Crippen MR) is 129 cm³/mol. The SMILES string of the molecule is COc1ccc(-c2ccc(C=O)cn2)cc1.Cc1ccc(B2OC(C)(C)C(C)(C)O2)cc1. The summed E-state index contributed by atoms with van der Waals surface area (Å²) in [6, 6.07) is 19.5. The second kappa shape index (κ2) is 9.68. The first-order chi connectivity index (χ1) is 15.1. The summed E-state index contributed by atoms with van der Waals surface area (Å²) in [7, 11) is 1.39. The average Bonchev–Trinajstić information content (AvgIpc) is 3.01. The van der Waals surface area contributed by atoms with Crippen molar-refractivity contribution in [2.45, 2.75) is 45.8 Å². The molecule has 0 spiro atoms. The minimum absolute atomic E-state index is 0.245. The van der Waals surface area contributed by atoms with Crippen molar-refractivity contribution in [1.82, 2.24) is 4.98 Å². The topological polar surface area (TPSA) is 57.7 Å². The molecule has 166 valence electrons. The maximum Gasteiger partial charge on any atom is 0.494 e. The second-order valence-electron chi connectivity index (χ2n) is 8.82. The van der Waals surface area contributed by atoms with Crippen LogP contribution in [0.5, 0.6) is 5.75 Å². The van der Waals surface area contributed by atoms with Crippen LogP contribution >= 0.6 is 0 Å². The Balaban J connectivity index is 0.000000181. The summed E-state index contributed by atoms with van der Waals surface area (Å²) in [5.41, 5.74) is 4.23. The van der Waals surface area contributed by atoms with Gasteiger partial charge in [-0.3, -0.25) is 9.78 Å². The summed E-state index contributed by atoms with van der Waals surface area (Å²) in [5, 5.41) is 0. The molecule has 1 saturated heterocycles.